The summed E-state index contributed by atoms with van der Waals surface area (Å²) >= 11 is 1.73. The Morgan fingerprint density at radius 1 is 0.537 bits per heavy atom. The first-order chi connectivity index (χ1) is 20.3. The number of rotatable bonds is 3. The molecule has 41 heavy (non-hydrogen) atoms. The van der Waals surface area contributed by atoms with Crippen LogP contribution in [0, 0.1) is 0 Å². The molecule has 0 aliphatic carbocycles. The maximum Gasteiger partial charge on any atom is 0.137 e. The third-order valence-electron chi connectivity index (χ3n) is 8.05. The Morgan fingerprint density at radius 2 is 1.24 bits per heavy atom. The second-order valence-corrected chi connectivity index (χ2v) is 11.4. The number of benzene rings is 6. The molecule has 3 heterocycles. The normalized spacial score (nSPS) is 11.9. The number of fused-ring (bicyclic) bond motifs is 8. The van der Waals surface area contributed by atoms with Crippen LogP contribution in [-0.4, -0.2) is 9.55 Å². The average Bonchev–Trinajstić information content (AvgIpc) is 3.72. The van der Waals surface area contributed by atoms with Crippen molar-refractivity contribution >= 4 is 65.3 Å². The van der Waals surface area contributed by atoms with Crippen LogP contribution in [0.1, 0.15) is 0 Å². The van der Waals surface area contributed by atoms with Crippen molar-refractivity contribution < 1.29 is 4.42 Å². The number of thiazole rings is 1. The van der Waals surface area contributed by atoms with Crippen molar-refractivity contribution in [2.75, 3.05) is 0 Å². The molecule has 192 valence electrons. The number of nitrogens with zero attached hydrogens (tertiary/aromatic N) is 2. The summed E-state index contributed by atoms with van der Waals surface area (Å²) in [5.74, 6) is 0. The van der Waals surface area contributed by atoms with Gasteiger partial charge in [0, 0.05) is 27.4 Å². The quantitative estimate of drug-likeness (QED) is 0.222. The van der Waals surface area contributed by atoms with Crippen LogP contribution >= 0.6 is 11.3 Å². The van der Waals surface area contributed by atoms with Gasteiger partial charge in [-0.1, -0.05) is 91.0 Å². The van der Waals surface area contributed by atoms with E-state index >= 15 is 0 Å². The third kappa shape index (κ3) is 3.41. The molecule has 9 aromatic rings. The lowest BCUT2D eigenvalue weighted by atomic mass is 10.0. The minimum Gasteiger partial charge on any atom is -0.456 e. The molecule has 0 atom stereocenters. The maximum absolute atomic E-state index is 6.09. The summed E-state index contributed by atoms with van der Waals surface area (Å²) in [5.41, 5.74) is 9.89. The molecule has 0 saturated heterocycles. The van der Waals surface area contributed by atoms with E-state index in [2.05, 4.69) is 126 Å². The van der Waals surface area contributed by atoms with E-state index in [0.29, 0.717) is 0 Å². The third-order valence-corrected chi connectivity index (χ3v) is 9.12. The Morgan fingerprint density at radius 3 is 2.12 bits per heavy atom. The molecule has 0 spiro atoms. The van der Waals surface area contributed by atoms with Gasteiger partial charge in [-0.2, -0.15) is 0 Å². The van der Waals surface area contributed by atoms with E-state index in [-0.39, 0.29) is 0 Å². The lowest BCUT2D eigenvalue weighted by Gasteiger charge is -2.09. The Bertz CT molecular complexity index is 2410. The van der Waals surface area contributed by atoms with E-state index < -0.39 is 0 Å². The van der Waals surface area contributed by atoms with E-state index in [0.717, 1.165) is 38.0 Å². The number of furan rings is 1. The van der Waals surface area contributed by atoms with Gasteiger partial charge < -0.3 is 8.98 Å². The second-order valence-electron chi connectivity index (χ2n) is 10.4. The fourth-order valence-corrected chi connectivity index (χ4v) is 7.12. The maximum atomic E-state index is 6.09. The van der Waals surface area contributed by atoms with Crippen LogP contribution in [0.4, 0.5) is 0 Å². The van der Waals surface area contributed by atoms with Gasteiger partial charge in [-0.05, 0) is 53.6 Å². The summed E-state index contributed by atoms with van der Waals surface area (Å²) in [4.78, 5) is 5.10. The van der Waals surface area contributed by atoms with Gasteiger partial charge in [0.1, 0.15) is 16.2 Å². The molecule has 0 N–H and O–H groups in total. The largest absolute Gasteiger partial charge is 0.456 e. The van der Waals surface area contributed by atoms with Gasteiger partial charge in [0.05, 0.1) is 26.6 Å². The zero-order valence-electron chi connectivity index (χ0n) is 21.9. The van der Waals surface area contributed by atoms with Crippen LogP contribution in [-0.2, 0) is 0 Å². The monoisotopic (exact) mass is 542 g/mol. The summed E-state index contributed by atoms with van der Waals surface area (Å²) in [7, 11) is 0. The molecule has 0 fully saturated rings. The molecule has 0 amide bonds. The molecule has 0 bridgehead atoms. The van der Waals surface area contributed by atoms with Gasteiger partial charge in [-0.15, -0.1) is 11.3 Å². The Labute approximate surface area is 239 Å². The van der Waals surface area contributed by atoms with Crippen molar-refractivity contribution in [2.45, 2.75) is 0 Å². The van der Waals surface area contributed by atoms with Gasteiger partial charge in [0.2, 0.25) is 0 Å². The van der Waals surface area contributed by atoms with E-state index in [1.165, 1.54) is 43.3 Å². The molecule has 9 rings (SSSR count). The summed E-state index contributed by atoms with van der Waals surface area (Å²) in [6.07, 6.45) is 0. The van der Waals surface area contributed by atoms with E-state index in [9.17, 15) is 0 Å². The zero-order chi connectivity index (χ0) is 26.9. The first kappa shape index (κ1) is 22.6. The zero-order valence-corrected chi connectivity index (χ0v) is 22.7. The fraction of sp³-hybridized carbons (Fsp3) is 0. The molecule has 0 aliphatic heterocycles. The molecule has 0 radical (unpaired) electrons. The van der Waals surface area contributed by atoms with Gasteiger partial charge in [-0.25, -0.2) is 4.98 Å². The molecule has 3 nitrogen and oxygen atoms in total. The van der Waals surface area contributed by atoms with Crippen LogP contribution in [0.15, 0.2) is 138 Å². The van der Waals surface area contributed by atoms with Gasteiger partial charge in [0.25, 0.3) is 0 Å². The molecule has 4 heteroatoms. The van der Waals surface area contributed by atoms with Crippen LogP contribution in [0.3, 0.4) is 0 Å². The molecule has 0 saturated carbocycles. The predicted molar refractivity (Wildman–Crippen MR) is 172 cm³/mol. The highest BCUT2D eigenvalue weighted by Gasteiger charge is 2.16. The number of aromatic nitrogens is 2. The lowest BCUT2D eigenvalue weighted by Crippen LogP contribution is -1.93. The van der Waals surface area contributed by atoms with Crippen molar-refractivity contribution in [1.82, 2.24) is 9.55 Å². The first-order valence-electron chi connectivity index (χ1n) is 13.7. The van der Waals surface area contributed by atoms with Crippen molar-refractivity contribution in [1.29, 1.82) is 0 Å². The summed E-state index contributed by atoms with van der Waals surface area (Å²) in [6.45, 7) is 0. The summed E-state index contributed by atoms with van der Waals surface area (Å²) < 4.78 is 9.62. The summed E-state index contributed by atoms with van der Waals surface area (Å²) in [5, 5.41) is 5.76. The highest BCUT2D eigenvalue weighted by molar-refractivity contribution is 7.21. The predicted octanol–water partition coefficient (Wildman–Crippen LogP) is 10.6. The molecule has 0 unspecified atom stereocenters. The lowest BCUT2D eigenvalue weighted by molar-refractivity contribution is 0.669. The van der Waals surface area contributed by atoms with Crippen molar-refractivity contribution in [3.63, 3.8) is 0 Å². The van der Waals surface area contributed by atoms with Gasteiger partial charge >= 0.3 is 0 Å². The second kappa shape index (κ2) is 8.65. The minimum atomic E-state index is 0.884. The molecule has 0 aliphatic rings. The van der Waals surface area contributed by atoms with Crippen LogP contribution in [0.25, 0.3) is 81.3 Å². The SMILES string of the molecule is c1ccc(-n2c3ccccc3c3ccc(-c4ccc(-c5nc6c(ccc7oc8ccccc8c76)s5)cc4)cc32)cc1. The van der Waals surface area contributed by atoms with Crippen molar-refractivity contribution in [3.05, 3.63) is 133 Å². The van der Waals surface area contributed by atoms with Crippen LogP contribution < -0.4 is 0 Å². The molecular formula is C37H22N2OS. The Balaban J connectivity index is 1.15. The van der Waals surface area contributed by atoms with E-state index in [4.69, 9.17) is 9.40 Å². The van der Waals surface area contributed by atoms with E-state index in [1.807, 2.05) is 12.1 Å². The van der Waals surface area contributed by atoms with Crippen LogP contribution in [0.2, 0.25) is 0 Å². The number of para-hydroxylation sites is 3. The van der Waals surface area contributed by atoms with E-state index in [1.54, 1.807) is 11.3 Å². The highest BCUT2D eigenvalue weighted by Crippen LogP contribution is 2.40. The minimum absolute atomic E-state index is 0.884. The van der Waals surface area contributed by atoms with Gasteiger partial charge in [-0.3, -0.25) is 0 Å². The Kier molecular flexibility index (Phi) is 4.77. The topological polar surface area (TPSA) is 31.0 Å². The molecule has 6 aromatic carbocycles. The highest BCUT2D eigenvalue weighted by atomic mass is 32.1. The molecule has 3 aromatic heterocycles. The standard InChI is InChI=1S/C37H22N2OS/c1-2-8-26(9-3-1)39-30-12-6-4-10-27(30)28-19-18-25(22-31(28)39)23-14-16-24(17-15-23)37-38-36-34(41-37)21-20-33-35(36)29-11-5-7-13-32(29)40-33/h1-22H. The van der Waals surface area contributed by atoms with Crippen LogP contribution in [0.5, 0.6) is 0 Å². The van der Waals surface area contributed by atoms with Gasteiger partial charge in [0.15, 0.2) is 0 Å². The summed E-state index contributed by atoms with van der Waals surface area (Å²) in [6, 6.07) is 47.2. The average molecular weight is 543 g/mol. The first-order valence-corrected chi connectivity index (χ1v) is 14.5. The molecular weight excluding hydrogens is 520 g/mol. The van der Waals surface area contributed by atoms with Crippen molar-refractivity contribution in [2.24, 2.45) is 0 Å². The Hall–Kier alpha value is -5.19. The van der Waals surface area contributed by atoms with Crippen molar-refractivity contribution in [3.8, 4) is 27.4 Å². The number of hydrogen-bond acceptors (Lipinski definition) is 3. The fourth-order valence-electron chi connectivity index (χ4n) is 6.14. The number of hydrogen-bond donors (Lipinski definition) is 0. The smallest absolute Gasteiger partial charge is 0.137 e.